The minimum Gasteiger partial charge on any atom is -0.473 e. The van der Waals surface area contributed by atoms with Crippen molar-refractivity contribution in [2.45, 2.75) is 12.5 Å². The lowest BCUT2D eigenvalue weighted by Crippen LogP contribution is -2.48. The number of rotatable bonds is 4. The normalized spacial score (nSPS) is 20.0. The number of carbonyl (C=O) groups is 1. The maximum absolute atomic E-state index is 13.1. The van der Waals surface area contributed by atoms with Crippen LogP contribution in [0.15, 0.2) is 42.6 Å². The predicted molar refractivity (Wildman–Crippen MR) is 105 cm³/mol. The van der Waals surface area contributed by atoms with E-state index in [9.17, 15) is 9.18 Å². The highest BCUT2D eigenvalue weighted by atomic mass is 32.2. The second kappa shape index (κ2) is 8.17. The van der Waals surface area contributed by atoms with E-state index in [0.717, 1.165) is 36.7 Å². The Morgan fingerprint density at radius 2 is 1.93 bits per heavy atom. The van der Waals surface area contributed by atoms with E-state index in [1.54, 1.807) is 30.5 Å². The summed E-state index contributed by atoms with van der Waals surface area (Å²) in [6.45, 7) is 2.72. The number of halogens is 1. The molecule has 1 atom stereocenters. The Labute approximate surface area is 162 Å². The minimum atomic E-state index is -0.237. The van der Waals surface area contributed by atoms with Gasteiger partial charge in [0.05, 0.1) is 0 Å². The van der Waals surface area contributed by atoms with Crippen LogP contribution in [0.4, 0.5) is 10.1 Å². The lowest BCUT2D eigenvalue weighted by molar-refractivity contribution is 0.0745. The SMILES string of the molecule is O=C(c1ccnc(OC2CCSC2)c1)N1CCN(c2ccc(F)cc2)CC1. The summed E-state index contributed by atoms with van der Waals surface area (Å²) in [5.41, 5.74) is 1.60. The van der Waals surface area contributed by atoms with E-state index in [2.05, 4.69) is 9.88 Å². The molecule has 4 rings (SSSR count). The Morgan fingerprint density at radius 3 is 2.63 bits per heavy atom. The number of thioether (sulfide) groups is 1. The first kappa shape index (κ1) is 18.1. The van der Waals surface area contributed by atoms with Crippen molar-refractivity contribution in [2.24, 2.45) is 0 Å². The maximum atomic E-state index is 13.1. The van der Waals surface area contributed by atoms with Gasteiger partial charge >= 0.3 is 0 Å². The summed E-state index contributed by atoms with van der Waals surface area (Å²) in [7, 11) is 0. The van der Waals surface area contributed by atoms with Crippen molar-refractivity contribution in [1.82, 2.24) is 9.88 Å². The molecule has 2 saturated heterocycles. The molecule has 0 aliphatic carbocycles. The highest BCUT2D eigenvalue weighted by Gasteiger charge is 2.23. The van der Waals surface area contributed by atoms with Crippen LogP contribution in [-0.2, 0) is 0 Å². The van der Waals surface area contributed by atoms with Crippen molar-refractivity contribution in [3.8, 4) is 5.88 Å². The number of ether oxygens (including phenoxy) is 1. The summed E-state index contributed by atoms with van der Waals surface area (Å²) in [5.74, 6) is 2.38. The van der Waals surface area contributed by atoms with Gasteiger partial charge in [0.15, 0.2) is 0 Å². The summed E-state index contributed by atoms with van der Waals surface area (Å²) < 4.78 is 19.0. The lowest BCUT2D eigenvalue weighted by atomic mass is 10.2. The molecule has 27 heavy (non-hydrogen) atoms. The summed E-state index contributed by atoms with van der Waals surface area (Å²) in [5, 5.41) is 0. The Morgan fingerprint density at radius 1 is 1.15 bits per heavy atom. The van der Waals surface area contributed by atoms with E-state index in [1.165, 1.54) is 12.1 Å². The molecule has 0 saturated carbocycles. The van der Waals surface area contributed by atoms with Crippen LogP contribution in [-0.4, -0.2) is 59.6 Å². The van der Waals surface area contributed by atoms with Gasteiger partial charge in [0.2, 0.25) is 5.88 Å². The molecule has 3 heterocycles. The van der Waals surface area contributed by atoms with Crippen molar-refractivity contribution in [3.05, 3.63) is 54.0 Å². The van der Waals surface area contributed by atoms with Gasteiger partial charge < -0.3 is 14.5 Å². The van der Waals surface area contributed by atoms with Crippen LogP contribution in [0, 0.1) is 5.82 Å². The molecule has 0 N–H and O–H groups in total. The van der Waals surface area contributed by atoms with Gasteiger partial charge in [0.1, 0.15) is 11.9 Å². The molecule has 142 valence electrons. The van der Waals surface area contributed by atoms with Crippen LogP contribution in [0.25, 0.3) is 0 Å². The third-order valence-electron chi connectivity index (χ3n) is 4.92. The molecule has 0 radical (unpaired) electrons. The van der Waals surface area contributed by atoms with Crippen LogP contribution in [0.1, 0.15) is 16.8 Å². The zero-order valence-corrected chi connectivity index (χ0v) is 15.8. The van der Waals surface area contributed by atoms with Crippen molar-refractivity contribution < 1.29 is 13.9 Å². The highest BCUT2D eigenvalue weighted by Crippen LogP contribution is 2.23. The average Bonchev–Trinajstić information content (AvgIpc) is 3.21. The minimum absolute atomic E-state index is 0.00167. The van der Waals surface area contributed by atoms with Crippen molar-refractivity contribution in [2.75, 3.05) is 42.6 Å². The fourth-order valence-corrected chi connectivity index (χ4v) is 4.48. The molecule has 2 aliphatic rings. The number of amides is 1. The Balaban J connectivity index is 1.36. The number of piperazine rings is 1. The van der Waals surface area contributed by atoms with Gasteiger partial charge in [-0.15, -0.1) is 0 Å². The number of pyridine rings is 1. The van der Waals surface area contributed by atoms with E-state index in [4.69, 9.17) is 4.74 Å². The molecule has 7 heteroatoms. The van der Waals surface area contributed by atoms with E-state index in [0.29, 0.717) is 24.5 Å². The standard InChI is InChI=1S/C20H22FN3O2S/c21-16-1-3-17(4-2-16)23-8-10-24(11-9-23)20(25)15-5-7-22-19(13-15)26-18-6-12-27-14-18/h1-5,7,13,18H,6,8-12,14H2. The van der Waals surface area contributed by atoms with E-state index in [1.807, 2.05) is 16.7 Å². The molecule has 1 aromatic heterocycles. The van der Waals surface area contributed by atoms with Gasteiger partial charge in [-0.2, -0.15) is 11.8 Å². The number of carbonyl (C=O) groups excluding carboxylic acids is 1. The molecule has 2 fully saturated rings. The molecular formula is C20H22FN3O2S. The van der Waals surface area contributed by atoms with Crippen LogP contribution in [0.2, 0.25) is 0 Å². The zero-order chi connectivity index (χ0) is 18.6. The first-order valence-electron chi connectivity index (χ1n) is 9.19. The topological polar surface area (TPSA) is 45.7 Å². The van der Waals surface area contributed by atoms with E-state index >= 15 is 0 Å². The van der Waals surface area contributed by atoms with Gasteiger partial charge in [0.25, 0.3) is 5.91 Å². The second-order valence-electron chi connectivity index (χ2n) is 6.74. The smallest absolute Gasteiger partial charge is 0.254 e. The molecule has 5 nitrogen and oxygen atoms in total. The van der Waals surface area contributed by atoms with Crippen LogP contribution < -0.4 is 9.64 Å². The molecule has 0 spiro atoms. The van der Waals surface area contributed by atoms with Crippen molar-refractivity contribution in [1.29, 1.82) is 0 Å². The number of hydrogen-bond acceptors (Lipinski definition) is 5. The van der Waals surface area contributed by atoms with Gasteiger partial charge in [0, 0.05) is 55.4 Å². The second-order valence-corrected chi connectivity index (χ2v) is 7.89. The fraction of sp³-hybridized carbons (Fsp3) is 0.400. The Kier molecular flexibility index (Phi) is 5.48. The van der Waals surface area contributed by atoms with Gasteiger partial charge in [-0.1, -0.05) is 0 Å². The number of aromatic nitrogens is 1. The number of benzene rings is 1. The molecular weight excluding hydrogens is 365 g/mol. The van der Waals surface area contributed by atoms with E-state index < -0.39 is 0 Å². The van der Waals surface area contributed by atoms with E-state index in [-0.39, 0.29) is 17.8 Å². The summed E-state index contributed by atoms with van der Waals surface area (Å²) >= 11 is 1.88. The molecule has 2 aromatic rings. The largest absolute Gasteiger partial charge is 0.473 e. The van der Waals surface area contributed by atoms with Crippen LogP contribution in [0.3, 0.4) is 0 Å². The summed E-state index contributed by atoms with van der Waals surface area (Å²) in [6, 6.07) is 9.98. The summed E-state index contributed by atoms with van der Waals surface area (Å²) in [6.07, 6.45) is 2.85. The quantitative estimate of drug-likeness (QED) is 0.807. The van der Waals surface area contributed by atoms with Gasteiger partial charge in [-0.05, 0) is 42.5 Å². The predicted octanol–water partition coefficient (Wildman–Crippen LogP) is 3.07. The number of hydrogen-bond donors (Lipinski definition) is 0. The van der Waals surface area contributed by atoms with Crippen LogP contribution >= 0.6 is 11.8 Å². The first-order chi connectivity index (χ1) is 13.2. The van der Waals surface area contributed by atoms with Gasteiger partial charge in [-0.25, -0.2) is 9.37 Å². The molecule has 1 unspecified atom stereocenters. The van der Waals surface area contributed by atoms with Crippen LogP contribution in [0.5, 0.6) is 5.88 Å². The first-order valence-corrected chi connectivity index (χ1v) is 10.3. The lowest BCUT2D eigenvalue weighted by Gasteiger charge is -2.36. The molecule has 0 bridgehead atoms. The zero-order valence-electron chi connectivity index (χ0n) is 15.0. The fourth-order valence-electron chi connectivity index (χ4n) is 3.39. The molecule has 1 amide bonds. The van der Waals surface area contributed by atoms with Crippen molar-refractivity contribution >= 4 is 23.4 Å². The summed E-state index contributed by atoms with van der Waals surface area (Å²) in [4.78, 5) is 21.1. The third kappa shape index (κ3) is 4.35. The number of anilines is 1. The monoisotopic (exact) mass is 387 g/mol. The maximum Gasteiger partial charge on any atom is 0.254 e. The Bertz CT molecular complexity index is 788. The average molecular weight is 387 g/mol. The van der Waals surface area contributed by atoms with Crippen molar-refractivity contribution in [3.63, 3.8) is 0 Å². The Hall–Kier alpha value is -2.28. The molecule has 1 aromatic carbocycles. The highest BCUT2D eigenvalue weighted by molar-refractivity contribution is 7.99. The third-order valence-corrected chi connectivity index (χ3v) is 6.05. The van der Waals surface area contributed by atoms with Gasteiger partial charge in [-0.3, -0.25) is 4.79 Å². The number of nitrogens with zero attached hydrogens (tertiary/aromatic N) is 3. The molecule has 2 aliphatic heterocycles.